The summed E-state index contributed by atoms with van der Waals surface area (Å²) >= 11 is 0. The van der Waals surface area contributed by atoms with Crippen LogP contribution in [0.5, 0.6) is 0 Å². The Labute approximate surface area is 125 Å². The van der Waals surface area contributed by atoms with Crippen molar-refractivity contribution in [2.24, 2.45) is 0 Å². The standard InChI is InChI=1S/C7H8.C4H7NO3.C4H8O2/c1-7-5-3-2-4-6-7;1-8-4(7)2-5-3-6;1-3-4(5)6-2/h2-6H,1H3;3H,2H2,1H3,(H,5,6);3H2,1-2H3. The molecule has 0 aliphatic rings. The topological polar surface area (TPSA) is 81.7 Å². The number of rotatable bonds is 4. The van der Waals surface area contributed by atoms with Crippen LogP contribution in [0, 0.1) is 6.92 Å². The first-order valence-corrected chi connectivity index (χ1v) is 6.34. The predicted octanol–water partition coefficient (Wildman–Crippen LogP) is 1.47. The van der Waals surface area contributed by atoms with Crippen molar-refractivity contribution in [3.05, 3.63) is 35.9 Å². The largest absolute Gasteiger partial charge is 0.469 e. The fraction of sp³-hybridized carbons (Fsp3) is 0.400. The second-order valence-corrected chi connectivity index (χ2v) is 3.66. The van der Waals surface area contributed by atoms with Crippen molar-refractivity contribution in [2.45, 2.75) is 20.3 Å². The molecule has 0 unspecified atom stereocenters. The lowest BCUT2D eigenvalue weighted by atomic mass is 10.2. The van der Waals surface area contributed by atoms with Crippen LogP contribution in [0.4, 0.5) is 0 Å². The summed E-state index contributed by atoms with van der Waals surface area (Å²) in [6, 6.07) is 10.3. The van der Waals surface area contributed by atoms with Crippen LogP contribution in [0.3, 0.4) is 0 Å². The third-order valence-electron chi connectivity index (χ3n) is 2.01. The quantitative estimate of drug-likeness (QED) is 0.672. The molecule has 1 amide bonds. The Hall–Kier alpha value is -2.37. The normalized spacial score (nSPS) is 8.00. The molecule has 0 aliphatic heterocycles. The number of hydrogen-bond donors (Lipinski definition) is 1. The minimum atomic E-state index is -0.447. The highest BCUT2D eigenvalue weighted by Crippen LogP contribution is 1.92. The van der Waals surface area contributed by atoms with Gasteiger partial charge in [0.2, 0.25) is 6.41 Å². The molecule has 0 bridgehead atoms. The van der Waals surface area contributed by atoms with Crippen LogP contribution in [-0.4, -0.2) is 39.1 Å². The van der Waals surface area contributed by atoms with Crippen molar-refractivity contribution in [3.63, 3.8) is 0 Å². The minimum absolute atomic E-state index is 0.0556. The lowest BCUT2D eigenvalue weighted by molar-refractivity contribution is -0.140. The molecule has 118 valence electrons. The Bertz CT molecular complexity index is 386. The number of aryl methyl sites for hydroxylation is 1. The molecular formula is C15H23NO5. The Balaban J connectivity index is 0. The van der Waals surface area contributed by atoms with Gasteiger partial charge in [-0.25, -0.2) is 0 Å². The second-order valence-electron chi connectivity index (χ2n) is 3.66. The molecular weight excluding hydrogens is 274 g/mol. The molecule has 1 aromatic carbocycles. The number of carbonyl (C=O) groups is 3. The zero-order chi connectivity index (χ0) is 16.5. The maximum Gasteiger partial charge on any atom is 0.325 e. The van der Waals surface area contributed by atoms with E-state index in [1.807, 2.05) is 18.2 Å². The molecule has 6 nitrogen and oxygen atoms in total. The van der Waals surface area contributed by atoms with Gasteiger partial charge in [-0.05, 0) is 6.92 Å². The molecule has 0 aromatic heterocycles. The van der Waals surface area contributed by atoms with E-state index in [9.17, 15) is 14.4 Å². The number of hydrogen-bond acceptors (Lipinski definition) is 5. The predicted molar refractivity (Wildman–Crippen MR) is 79.6 cm³/mol. The van der Waals surface area contributed by atoms with E-state index in [0.717, 1.165) is 0 Å². The zero-order valence-electron chi connectivity index (χ0n) is 12.9. The first kappa shape index (κ1) is 20.9. The zero-order valence-corrected chi connectivity index (χ0v) is 12.9. The van der Waals surface area contributed by atoms with E-state index in [2.05, 4.69) is 33.8 Å². The number of ether oxygens (including phenoxy) is 2. The van der Waals surface area contributed by atoms with E-state index in [4.69, 9.17) is 0 Å². The molecule has 0 saturated heterocycles. The number of nitrogens with one attached hydrogen (secondary N) is 1. The van der Waals surface area contributed by atoms with Crippen molar-refractivity contribution in [1.82, 2.24) is 5.32 Å². The van der Waals surface area contributed by atoms with Crippen LogP contribution in [0.2, 0.25) is 0 Å². The van der Waals surface area contributed by atoms with Gasteiger partial charge >= 0.3 is 11.9 Å². The smallest absolute Gasteiger partial charge is 0.325 e. The third kappa shape index (κ3) is 17.6. The summed E-state index contributed by atoms with van der Waals surface area (Å²) in [5.74, 6) is -0.605. The van der Waals surface area contributed by atoms with Gasteiger partial charge < -0.3 is 14.8 Å². The first-order chi connectivity index (χ1) is 10.0. The number of amides is 1. The van der Waals surface area contributed by atoms with Gasteiger partial charge in [0.1, 0.15) is 6.54 Å². The van der Waals surface area contributed by atoms with Gasteiger partial charge in [-0.15, -0.1) is 0 Å². The van der Waals surface area contributed by atoms with Gasteiger partial charge in [-0.1, -0.05) is 42.8 Å². The average molecular weight is 297 g/mol. The van der Waals surface area contributed by atoms with Gasteiger partial charge in [0.25, 0.3) is 0 Å². The van der Waals surface area contributed by atoms with E-state index in [-0.39, 0.29) is 12.5 Å². The van der Waals surface area contributed by atoms with E-state index in [0.29, 0.717) is 12.8 Å². The molecule has 1 rings (SSSR count). The van der Waals surface area contributed by atoms with Crippen LogP contribution >= 0.6 is 0 Å². The molecule has 0 aliphatic carbocycles. The molecule has 6 heteroatoms. The van der Waals surface area contributed by atoms with Crippen LogP contribution in [0.1, 0.15) is 18.9 Å². The van der Waals surface area contributed by atoms with Crippen molar-refractivity contribution in [1.29, 1.82) is 0 Å². The Kier molecular flexibility index (Phi) is 15.6. The monoisotopic (exact) mass is 297 g/mol. The van der Waals surface area contributed by atoms with E-state index < -0.39 is 5.97 Å². The van der Waals surface area contributed by atoms with Crippen molar-refractivity contribution in [3.8, 4) is 0 Å². The fourth-order valence-corrected chi connectivity index (χ4v) is 0.876. The summed E-state index contributed by atoms with van der Waals surface area (Å²) in [7, 11) is 2.64. The maximum atomic E-state index is 10.1. The van der Waals surface area contributed by atoms with Crippen molar-refractivity contribution in [2.75, 3.05) is 20.8 Å². The van der Waals surface area contributed by atoms with Crippen LogP contribution < -0.4 is 5.32 Å². The van der Waals surface area contributed by atoms with Crippen molar-refractivity contribution < 1.29 is 23.9 Å². The molecule has 0 saturated carbocycles. The summed E-state index contributed by atoms with van der Waals surface area (Å²) < 4.78 is 8.45. The van der Waals surface area contributed by atoms with Gasteiger partial charge in [0, 0.05) is 6.42 Å². The maximum absolute atomic E-state index is 10.1. The molecule has 1 N–H and O–H groups in total. The Morgan fingerprint density at radius 3 is 1.86 bits per heavy atom. The highest BCUT2D eigenvalue weighted by atomic mass is 16.5. The molecule has 0 fully saturated rings. The summed E-state index contributed by atoms with van der Waals surface area (Å²) in [6.07, 6.45) is 0.910. The number of esters is 2. The number of carbonyl (C=O) groups excluding carboxylic acids is 3. The van der Waals surface area contributed by atoms with Crippen LogP contribution in [0.25, 0.3) is 0 Å². The third-order valence-corrected chi connectivity index (χ3v) is 2.01. The lowest BCUT2D eigenvalue weighted by Crippen LogP contribution is -2.21. The van der Waals surface area contributed by atoms with Gasteiger partial charge in [0.05, 0.1) is 14.2 Å². The Morgan fingerprint density at radius 2 is 1.62 bits per heavy atom. The highest BCUT2D eigenvalue weighted by Gasteiger charge is 1.93. The lowest BCUT2D eigenvalue weighted by Gasteiger charge is -1.93. The van der Waals surface area contributed by atoms with E-state index >= 15 is 0 Å². The fourth-order valence-electron chi connectivity index (χ4n) is 0.876. The van der Waals surface area contributed by atoms with Gasteiger partial charge in [-0.3, -0.25) is 14.4 Å². The molecule has 0 atom stereocenters. The molecule has 0 heterocycles. The second kappa shape index (κ2) is 15.7. The average Bonchev–Trinajstić information content (AvgIpc) is 2.53. The van der Waals surface area contributed by atoms with Crippen LogP contribution in [-0.2, 0) is 23.9 Å². The Morgan fingerprint density at radius 1 is 1.10 bits per heavy atom. The van der Waals surface area contributed by atoms with Crippen LogP contribution in [0.15, 0.2) is 30.3 Å². The van der Waals surface area contributed by atoms with E-state index in [1.165, 1.54) is 19.8 Å². The van der Waals surface area contributed by atoms with Crippen molar-refractivity contribution >= 4 is 18.3 Å². The summed E-state index contributed by atoms with van der Waals surface area (Å²) in [6.45, 7) is 3.78. The highest BCUT2D eigenvalue weighted by molar-refractivity contribution is 5.73. The molecule has 21 heavy (non-hydrogen) atoms. The molecule has 1 aromatic rings. The first-order valence-electron chi connectivity index (χ1n) is 6.34. The number of benzene rings is 1. The summed E-state index contributed by atoms with van der Waals surface area (Å²) in [5.41, 5.74) is 1.32. The van der Waals surface area contributed by atoms with Gasteiger partial charge in [-0.2, -0.15) is 0 Å². The van der Waals surface area contributed by atoms with E-state index in [1.54, 1.807) is 6.92 Å². The SMILES string of the molecule is CCC(=O)OC.COC(=O)CNC=O.Cc1ccccc1. The molecule has 0 spiro atoms. The summed E-state index contributed by atoms with van der Waals surface area (Å²) in [5, 5.41) is 2.14. The summed E-state index contributed by atoms with van der Waals surface area (Å²) in [4.78, 5) is 29.6. The minimum Gasteiger partial charge on any atom is -0.469 e. The number of methoxy groups -OCH3 is 2. The van der Waals surface area contributed by atoms with Gasteiger partial charge in [0.15, 0.2) is 0 Å². The molecule has 0 radical (unpaired) electrons.